The molecular formula is C27H37N5O4S. The molecule has 1 unspecified atom stereocenters. The highest BCUT2D eigenvalue weighted by atomic mass is 32.1. The SMILES string of the molecule is CCC(CCC(=O)Nc1nc(-c2ccc3c(c2)CCO3)cs1)CN/C(C)=C(\C)C(=O)N(C)C(=O)CNC. The summed E-state index contributed by atoms with van der Waals surface area (Å²) in [6.07, 6.45) is 2.89. The number of fused-ring (bicyclic) bond motifs is 1. The van der Waals surface area contributed by atoms with Crippen LogP contribution in [0.1, 0.15) is 45.6 Å². The molecule has 1 aliphatic rings. The highest BCUT2D eigenvalue weighted by Crippen LogP contribution is 2.32. The third-order valence-electron chi connectivity index (χ3n) is 6.64. The molecule has 0 saturated heterocycles. The second-order valence-corrected chi connectivity index (χ2v) is 10.1. The maximum absolute atomic E-state index is 12.6. The number of carbonyl (C=O) groups is 3. The third kappa shape index (κ3) is 7.62. The van der Waals surface area contributed by atoms with Gasteiger partial charge in [-0.05, 0) is 57.0 Å². The van der Waals surface area contributed by atoms with Crippen molar-refractivity contribution in [2.24, 2.45) is 5.92 Å². The first-order valence-electron chi connectivity index (χ1n) is 12.6. The first kappa shape index (κ1) is 28.3. The minimum atomic E-state index is -0.325. The molecule has 0 bridgehead atoms. The van der Waals surface area contributed by atoms with Crippen molar-refractivity contribution in [3.8, 4) is 17.0 Å². The van der Waals surface area contributed by atoms with Gasteiger partial charge in [-0.1, -0.05) is 13.3 Å². The summed E-state index contributed by atoms with van der Waals surface area (Å²) in [5.74, 6) is 0.518. The molecule has 0 saturated carbocycles. The molecule has 10 heteroatoms. The van der Waals surface area contributed by atoms with Gasteiger partial charge in [0.25, 0.3) is 5.91 Å². The Morgan fingerprint density at radius 1 is 1.24 bits per heavy atom. The summed E-state index contributed by atoms with van der Waals surface area (Å²) in [5, 5.41) is 11.5. The number of carbonyl (C=O) groups excluding carboxylic acids is 3. The van der Waals surface area contributed by atoms with Gasteiger partial charge in [0.2, 0.25) is 11.8 Å². The number of benzene rings is 1. The Labute approximate surface area is 222 Å². The molecule has 37 heavy (non-hydrogen) atoms. The monoisotopic (exact) mass is 527 g/mol. The van der Waals surface area contributed by atoms with E-state index < -0.39 is 0 Å². The molecule has 3 rings (SSSR count). The maximum atomic E-state index is 12.6. The van der Waals surface area contributed by atoms with E-state index in [1.54, 1.807) is 14.0 Å². The van der Waals surface area contributed by atoms with E-state index in [9.17, 15) is 14.4 Å². The summed E-state index contributed by atoms with van der Waals surface area (Å²) in [6.45, 7) is 7.08. The van der Waals surface area contributed by atoms with Crippen molar-refractivity contribution in [1.29, 1.82) is 0 Å². The van der Waals surface area contributed by atoms with Gasteiger partial charge in [-0.15, -0.1) is 11.3 Å². The number of hydrogen-bond donors (Lipinski definition) is 3. The molecular weight excluding hydrogens is 490 g/mol. The number of imide groups is 1. The van der Waals surface area contributed by atoms with Gasteiger partial charge in [-0.3, -0.25) is 19.3 Å². The van der Waals surface area contributed by atoms with Gasteiger partial charge < -0.3 is 20.7 Å². The van der Waals surface area contributed by atoms with Crippen LogP contribution in [0.4, 0.5) is 5.13 Å². The Balaban J connectivity index is 1.47. The summed E-state index contributed by atoms with van der Waals surface area (Å²) in [4.78, 5) is 42.8. The molecule has 3 N–H and O–H groups in total. The Morgan fingerprint density at radius 3 is 2.76 bits per heavy atom. The first-order chi connectivity index (χ1) is 17.7. The molecule has 2 heterocycles. The predicted molar refractivity (Wildman–Crippen MR) is 146 cm³/mol. The van der Waals surface area contributed by atoms with Crippen molar-refractivity contribution in [3.05, 3.63) is 40.4 Å². The van der Waals surface area contributed by atoms with Crippen molar-refractivity contribution < 1.29 is 19.1 Å². The number of allylic oxidation sites excluding steroid dienone is 1. The van der Waals surface area contributed by atoms with Gasteiger partial charge in [-0.2, -0.15) is 0 Å². The molecule has 1 aromatic carbocycles. The molecule has 2 aromatic rings. The highest BCUT2D eigenvalue weighted by Gasteiger charge is 2.20. The Hall–Kier alpha value is -3.24. The number of aromatic nitrogens is 1. The average molecular weight is 528 g/mol. The molecule has 1 aromatic heterocycles. The van der Waals surface area contributed by atoms with E-state index >= 15 is 0 Å². The van der Waals surface area contributed by atoms with Crippen LogP contribution in [0.3, 0.4) is 0 Å². The van der Waals surface area contributed by atoms with Crippen molar-refractivity contribution in [2.45, 2.75) is 46.5 Å². The summed E-state index contributed by atoms with van der Waals surface area (Å²) >= 11 is 1.42. The number of amides is 3. The van der Waals surface area contributed by atoms with Gasteiger partial charge in [0.15, 0.2) is 5.13 Å². The van der Waals surface area contributed by atoms with E-state index in [1.165, 1.54) is 23.9 Å². The van der Waals surface area contributed by atoms with Crippen molar-refractivity contribution in [2.75, 3.05) is 39.1 Å². The van der Waals surface area contributed by atoms with Crippen LogP contribution in [0.2, 0.25) is 0 Å². The van der Waals surface area contributed by atoms with Gasteiger partial charge in [-0.25, -0.2) is 4.98 Å². The van der Waals surface area contributed by atoms with E-state index in [-0.39, 0.29) is 30.2 Å². The van der Waals surface area contributed by atoms with Crippen LogP contribution in [0, 0.1) is 5.92 Å². The first-order valence-corrected chi connectivity index (χ1v) is 13.5. The molecule has 0 radical (unpaired) electrons. The van der Waals surface area contributed by atoms with Crippen LogP contribution in [-0.2, 0) is 20.8 Å². The predicted octanol–water partition coefficient (Wildman–Crippen LogP) is 3.58. The minimum Gasteiger partial charge on any atom is -0.493 e. The Morgan fingerprint density at radius 2 is 2.03 bits per heavy atom. The molecule has 9 nitrogen and oxygen atoms in total. The summed E-state index contributed by atoms with van der Waals surface area (Å²) < 4.78 is 5.57. The fourth-order valence-corrected chi connectivity index (χ4v) is 4.74. The lowest BCUT2D eigenvalue weighted by Crippen LogP contribution is -2.39. The molecule has 200 valence electrons. The zero-order chi connectivity index (χ0) is 26.9. The van der Waals surface area contributed by atoms with Gasteiger partial charge in [0.1, 0.15) is 5.75 Å². The van der Waals surface area contributed by atoms with Crippen LogP contribution in [0.5, 0.6) is 5.75 Å². The van der Waals surface area contributed by atoms with E-state index in [1.807, 2.05) is 24.4 Å². The van der Waals surface area contributed by atoms with Gasteiger partial charge >= 0.3 is 0 Å². The number of anilines is 1. The van der Waals surface area contributed by atoms with Crippen LogP contribution in [-0.4, -0.2) is 61.4 Å². The smallest absolute Gasteiger partial charge is 0.257 e. The number of nitrogens with zero attached hydrogens (tertiary/aromatic N) is 2. The van der Waals surface area contributed by atoms with E-state index in [0.29, 0.717) is 36.7 Å². The zero-order valence-electron chi connectivity index (χ0n) is 22.3. The summed E-state index contributed by atoms with van der Waals surface area (Å²) in [6, 6.07) is 6.07. The van der Waals surface area contributed by atoms with E-state index in [0.717, 1.165) is 40.4 Å². The van der Waals surface area contributed by atoms with Crippen LogP contribution >= 0.6 is 11.3 Å². The van der Waals surface area contributed by atoms with Crippen molar-refractivity contribution in [3.63, 3.8) is 0 Å². The van der Waals surface area contributed by atoms with E-state index in [2.05, 4.69) is 33.9 Å². The molecule has 0 aliphatic carbocycles. The lowest BCUT2D eigenvalue weighted by molar-refractivity contribution is -0.140. The number of nitrogens with one attached hydrogen (secondary N) is 3. The normalized spacial score (nSPS) is 13.8. The maximum Gasteiger partial charge on any atom is 0.257 e. The Kier molecular flexibility index (Phi) is 10.2. The fourth-order valence-electron chi connectivity index (χ4n) is 4.00. The number of ether oxygens (including phenoxy) is 1. The zero-order valence-corrected chi connectivity index (χ0v) is 23.1. The number of likely N-dealkylation sites (N-methyl/N-ethyl adjacent to an activating group) is 2. The number of thiazole rings is 1. The quantitative estimate of drug-likeness (QED) is 0.362. The lowest BCUT2D eigenvalue weighted by Gasteiger charge is -2.20. The summed E-state index contributed by atoms with van der Waals surface area (Å²) in [7, 11) is 3.15. The average Bonchev–Trinajstić information content (AvgIpc) is 3.56. The highest BCUT2D eigenvalue weighted by molar-refractivity contribution is 7.14. The third-order valence-corrected chi connectivity index (χ3v) is 7.40. The molecule has 1 aliphatic heterocycles. The second kappa shape index (κ2) is 13.3. The van der Waals surface area contributed by atoms with Gasteiger partial charge in [0.05, 0.1) is 18.8 Å². The number of hydrogen-bond acceptors (Lipinski definition) is 8. The van der Waals surface area contributed by atoms with Crippen molar-refractivity contribution >= 4 is 34.2 Å². The standard InChI is InChI=1S/C27H37N5O4S/c1-6-19(14-29-18(3)17(2)26(35)32(5)25(34)15-28-4)7-10-24(33)31-27-30-22(16-37-27)20-8-9-23-21(13-20)11-12-36-23/h8-9,13,16,19,28-29H,6-7,10-12,14-15H2,1-5H3,(H,30,31,33)/b18-17+. The second-order valence-electron chi connectivity index (χ2n) is 9.24. The molecule has 0 spiro atoms. The molecule has 3 amide bonds. The number of rotatable bonds is 12. The minimum absolute atomic E-state index is 0.0648. The largest absolute Gasteiger partial charge is 0.493 e. The van der Waals surface area contributed by atoms with Crippen molar-refractivity contribution in [1.82, 2.24) is 20.5 Å². The Bertz CT molecular complexity index is 1160. The van der Waals surface area contributed by atoms with Gasteiger partial charge in [0, 0.05) is 48.6 Å². The summed E-state index contributed by atoms with van der Waals surface area (Å²) in [5.41, 5.74) is 4.28. The molecule has 1 atom stereocenters. The van der Waals surface area contributed by atoms with Crippen LogP contribution in [0.15, 0.2) is 34.8 Å². The topological polar surface area (TPSA) is 113 Å². The van der Waals surface area contributed by atoms with Crippen LogP contribution in [0.25, 0.3) is 11.3 Å². The van der Waals surface area contributed by atoms with Crippen LogP contribution < -0.4 is 20.7 Å². The molecule has 0 fully saturated rings. The lowest BCUT2D eigenvalue weighted by atomic mass is 9.99. The van der Waals surface area contributed by atoms with E-state index in [4.69, 9.17) is 4.74 Å². The fraction of sp³-hybridized carbons (Fsp3) is 0.481.